The topological polar surface area (TPSA) is 27.7 Å². The number of hydrogen-bond acceptors (Lipinski definition) is 3. The van der Waals surface area contributed by atoms with Gasteiger partial charge in [0.25, 0.3) is 0 Å². The summed E-state index contributed by atoms with van der Waals surface area (Å²) in [6.45, 7) is 0. The molecule has 0 heterocycles. The highest BCUT2D eigenvalue weighted by Gasteiger charge is 2.29. The predicted molar refractivity (Wildman–Crippen MR) is 90.8 cm³/mol. The van der Waals surface area contributed by atoms with E-state index in [2.05, 4.69) is 0 Å². The van der Waals surface area contributed by atoms with E-state index in [9.17, 15) is 0 Å². The first-order valence-corrected chi connectivity index (χ1v) is 10.8. The van der Waals surface area contributed by atoms with E-state index in [0.717, 1.165) is 0 Å². The van der Waals surface area contributed by atoms with E-state index < -0.39 is 8.60 Å². The van der Waals surface area contributed by atoms with Gasteiger partial charge in [0.1, 0.15) is 0 Å². The van der Waals surface area contributed by atoms with Gasteiger partial charge in [0.15, 0.2) is 0 Å². The van der Waals surface area contributed by atoms with Crippen LogP contribution in [0.4, 0.5) is 0 Å². The first-order valence-electron chi connectivity index (χ1n) is 9.70. The third-order valence-corrected chi connectivity index (χ3v) is 6.77. The Morgan fingerprint density at radius 2 is 0.682 bits per heavy atom. The van der Waals surface area contributed by atoms with Crippen LogP contribution in [0.3, 0.4) is 0 Å². The van der Waals surface area contributed by atoms with Gasteiger partial charge in [-0.3, -0.25) is 0 Å². The zero-order chi connectivity index (χ0) is 15.0. The molecule has 0 aromatic heterocycles. The first-order chi connectivity index (χ1) is 10.9. The Morgan fingerprint density at radius 3 is 0.955 bits per heavy atom. The van der Waals surface area contributed by atoms with Crippen LogP contribution >= 0.6 is 8.60 Å². The van der Waals surface area contributed by atoms with Crippen LogP contribution in [0.1, 0.15) is 96.3 Å². The Labute approximate surface area is 137 Å². The largest absolute Gasteiger partial charge is 0.333 e. The van der Waals surface area contributed by atoms with Crippen molar-refractivity contribution in [3.63, 3.8) is 0 Å². The van der Waals surface area contributed by atoms with Crippen LogP contribution < -0.4 is 0 Å². The van der Waals surface area contributed by atoms with Crippen LogP contribution in [-0.2, 0) is 13.6 Å². The molecule has 0 spiro atoms. The molecule has 0 atom stereocenters. The second-order valence-corrected chi connectivity index (χ2v) is 8.40. The van der Waals surface area contributed by atoms with Gasteiger partial charge in [-0.2, -0.15) is 0 Å². The molecule has 0 radical (unpaired) electrons. The van der Waals surface area contributed by atoms with Crippen molar-refractivity contribution in [3.8, 4) is 0 Å². The van der Waals surface area contributed by atoms with Gasteiger partial charge in [0.2, 0.25) is 0 Å². The molecule has 3 fully saturated rings. The molecule has 0 aromatic rings. The van der Waals surface area contributed by atoms with Crippen molar-refractivity contribution in [2.24, 2.45) is 0 Å². The molecule has 128 valence electrons. The molecule has 0 N–H and O–H groups in total. The maximum atomic E-state index is 6.32. The van der Waals surface area contributed by atoms with Gasteiger partial charge >= 0.3 is 8.60 Å². The zero-order valence-electron chi connectivity index (χ0n) is 14.0. The average Bonchev–Trinajstić information content (AvgIpc) is 2.57. The molecule has 0 aromatic carbocycles. The second-order valence-electron chi connectivity index (χ2n) is 7.32. The van der Waals surface area contributed by atoms with E-state index >= 15 is 0 Å². The number of rotatable bonds is 6. The van der Waals surface area contributed by atoms with Gasteiger partial charge in [-0.1, -0.05) is 57.8 Å². The summed E-state index contributed by atoms with van der Waals surface area (Å²) in [7, 11) is -1.13. The van der Waals surface area contributed by atoms with Crippen molar-refractivity contribution < 1.29 is 13.6 Å². The van der Waals surface area contributed by atoms with Crippen LogP contribution in [0, 0.1) is 0 Å². The Bertz CT molecular complexity index is 247. The number of hydrogen-bond donors (Lipinski definition) is 0. The van der Waals surface area contributed by atoms with E-state index in [0.29, 0.717) is 18.3 Å². The minimum absolute atomic E-state index is 0.382. The molecule has 22 heavy (non-hydrogen) atoms. The molecule has 0 bridgehead atoms. The summed E-state index contributed by atoms with van der Waals surface area (Å²) < 4.78 is 19.0. The Kier molecular flexibility index (Phi) is 7.46. The van der Waals surface area contributed by atoms with Crippen molar-refractivity contribution in [1.29, 1.82) is 0 Å². The summed E-state index contributed by atoms with van der Waals surface area (Å²) in [5.41, 5.74) is 0. The highest BCUT2D eigenvalue weighted by Crippen LogP contribution is 2.49. The molecule has 3 aliphatic rings. The predicted octanol–water partition coefficient (Wildman–Crippen LogP) is 6.26. The van der Waals surface area contributed by atoms with Gasteiger partial charge < -0.3 is 13.6 Å². The minimum atomic E-state index is -1.13. The second kappa shape index (κ2) is 9.57. The van der Waals surface area contributed by atoms with Gasteiger partial charge in [-0.05, 0) is 38.5 Å². The molecule has 0 amide bonds. The monoisotopic (exact) mass is 328 g/mol. The third-order valence-electron chi connectivity index (χ3n) is 5.36. The minimum Gasteiger partial charge on any atom is -0.309 e. The first kappa shape index (κ1) is 17.1. The average molecular weight is 328 g/mol. The molecule has 3 nitrogen and oxygen atoms in total. The van der Waals surface area contributed by atoms with Crippen LogP contribution in [0.5, 0.6) is 0 Å². The third kappa shape index (κ3) is 5.74. The highest BCUT2D eigenvalue weighted by molar-refractivity contribution is 7.41. The van der Waals surface area contributed by atoms with Gasteiger partial charge in [0, 0.05) is 0 Å². The van der Waals surface area contributed by atoms with Gasteiger partial charge in [-0.15, -0.1) is 0 Å². The van der Waals surface area contributed by atoms with E-state index in [1.54, 1.807) is 0 Å². The van der Waals surface area contributed by atoms with Crippen molar-refractivity contribution >= 4 is 8.60 Å². The summed E-state index contributed by atoms with van der Waals surface area (Å²) in [5, 5.41) is 0. The van der Waals surface area contributed by atoms with Crippen LogP contribution in [0.25, 0.3) is 0 Å². The summed E-state index contributed by atoms with van der Waals surface area (Å²) >= 11 is 0. The molecular formula is C18H33O3P. The molecule has 3 rings (SSSR count). The van der Waals surface area contributed by atoms with Gasteiger partial charge in [0.05, 0.1) is 18.3 Å². The van der Waals surface area contributed by atoms with Crippen molar-refractivity contribution in [1.82, 2.24) is 0 Å². The van der Waals surface area contributed by atoms with Crippen molar-refractivity contribution in [2.75, 3.05) is 0 Å². The molecule has 4 heteroatoms. The lowest BCUT2D eigenvalue weighted by atomic mass is 9.98. The molecule has 3 aliphatic carbocycles. The molecule has 3 saturated carbocycles. The molecule has 0 aliphatic heterocycles. The van der Waals surface area contributed by atoms with E-state index in [-0.39, 0.29) is 0 Å². The fourth-order valence-electron chi connectivity index (χ4n) is 3.95. The zero-order valence-corrected chi connectivity index (χ0v) is 14.9. The maximum Gasteiger partial charge on any atom is 0.333 e. The Balaban J connectivity index is 1.50. The maximum absolute atomic E-state index is 6.32. The Hall–Kier alpha value is 0.310. The molecule has 0 saturated heterocycles. The van der Waals surface area contributed by atoms with E-state index in [1.165, 1.54) is 96.3 Å². The van der Waals surface area contributed by atoms with Crippen LogP contribution in [0.2, 0.25) is 0 Å². The normalized spacial score (nSPS) is 26.6. The summed E-state index contributed by atoms with van der Waals surface area (Å²) in [6.07, 6.45) is 20.3. The molecular weight excluding hydrogens is 295 g/mol. The van der Waals surface area contributed by atoms with E-state index in [1.807, 2.05) is 0 Å². The van der Waals surface area contributed by atoms with Crippen molar-refractivity contribution in [3.05, 3.63) is 0 Å². The standard InChI is InChI=1S/C18H33O3P/c1-4-10-16(11-5-1)19-22(20-17-12-6-2-7-13-17)21-18-14-8-3-9-15-18/h16-18H,1-15H2. The summed E-state index contributed by atoms with van der Waals surface area (Å²) in [4.78, 5) is 0. The quantitative estimate of drug-likeness (QED) is 0.538. The lowest BCUT2D eigenvalue weighted by Gasteiger charge is -2.32. The highest BCUT2D eigenvalue weighted by atomic mass is 31.2. The van der Waals surface area contributed by atoms with E-state index in [4.69, 9.17) is 13.6 Å². The van der Waals surface area contributed by atoms with Crippen LogP contribution in [-0.4, -0.2) is 18.3 Å². The fourth-order valence-corrected chi connectivity index (χ4v) is 5.46. The smallest absolute Gasteiger partial charge is 0.309 e. The summed E-state index contributed by atoms with van der Waals surface area (Å²) in [6, 6.07) is 0. The van der Waals surface area contributed by atoms with Crippen LogP contribution in [0.15, 0.2) is 0 Å². The summed E-state index contributed by atoms with van der Waals surface area (Å²) in [5.74, 6) is 0. The molecule has 0 unspecified atom stereocenters. The Morgan fingerprint density at radius 1 is 0.409 bits per heavy atom. The lowest BCUT2D eigenvalue weighted by Crippen LogP contribution is -2.22. The van der Waals surface area contributed by atoms with Crippen molar-refractivity contribution in [2.45, 2.75) is 115 Å². The SMILES string of the molecule is C1CCC(OP(OC2CCCCC2)OC2CCCCC2)CC1. The van der Waals surface area contributed by atoms with Gasteiger partial charge in [-0.25, -0.2) is 0 Å². The lowest BCUT2D eigenvalue weighted by molar-refractivity contribution is 0.0357. The fraction of sp³-hybridized carbons (Fsp3) is 1.00.